The van der Waals surface area contributed by atoms with Crippen LogP contribution in [0.3, 0.4) is 0 Å². The van der Waals surface area contributed by atoms with Crippen molar-refractivity contribution in [3.05, 3.63) is 21.4 Å². The van der Waals surface area contributed by atoms with Crippen LogP contribution in [0.15, 0.2) is 5.38 Å². The number of thiophene rings is 1. The lowest BCUT2D eigenvalue weighted by Crippen LogP contribution is -2.47. The van der Waals surface area contributed by atoms with Gasteiger partial charge in [-0.25, -0.2) is 0 Å². The molecule has 2 heterocycles. The van der Waals surface area contributed by atoms with E-state index in [1.165, 1.54) is 16.9 Å². The molecule has 1 aliphatic heterocycles. The second-order valence-corrected chi connectivity index (χ2v) is 7.57. The highest BCUT2D eigenvalue weighted by molar-refractivity contribution is 7.10. The highest BCUT2D eigenvalue weighted by Crippen LogP contribution is 2.32. The average Bonchev–Trinajstić information content (AvgIpc) is 2.96. The van der Waals surface area contributed by atoms with Gasteiger partial charge in [-0.2, -0.15) is 0 Å². The van der Waals surface area contributed by atoms with Gasteiger partial charge in [-0.3, -0.25) is 9.69 Å². The lowest BCUT2D eigenvalue weighted by molar-refractivity contribution is 0.0204. The summed E-state index contributed by atoms with van der Waals surface area (Å²) in [5.41, 5.74) is 2.22. The van der Waals surface area contributed by atoms with Crippen molar-refractivity contribution in [2.45, 2.75) is 39.2 Å². The van der Waals surface area contributed by atoms with Crippen molar-refractivity contribution in [2.24, 2.45) is 5.92 Å². The van der Waals surface area contributed by atoms with Gasteiger partial charge in [0, 0.05) is 35.9 Å². The summed E-state index contributed by atoms with van der Waals surface area (Å²) < 4.78 is 5.38. The van der Waals surface area contributed by atoms with Crippen LogP contribution in [0.1, 0.15) is 41.1 Å². The second-order valence-electron chi connectivity index (χ2n) is 6.61. The van der Waals surface area contributed by atoms with E-state index < -0.39 is 0 Å². The molecule has 1 aliphatic carbocycles. The number of fused-ring (bicyclic) bond motifs is 1. The fraction of sp³-hybridized carbons (Fsp3) is 0.706. The Morgan fingerprint density at radius 2 is 2.27 bits per heavy atom. The maximum atomic E-state index is 12.5. The zero-order valence-corrected chi connectivity index (χ0v) is 14.4. The van der Waals surface area contributed by atoms with E-state index in [-0.39, 0.29) is 5.91 Å². The van der Waals surface area contributed by atoms with E-state index in [1.54, 1.807) is 11.3 Å². The lowest BCUT2D eigenvalue weighted by Gasteiger charge is -2.32. The summed E-state index contributed by atoms with van der Waals surface area (Å²) in [6, 6.07) is 0.363. The fourth-order valence-corrected chi connectivity index (χ4v) is 4.60. The first kappa shape index (κ1) is 16.0. The van der Waals surface area contributed by atoms with Crippen molar-refractivity contribution < 1.29 is 9.53 Å². The number of ether oxygens (including phenoxy) is 1. The third-order valence-corrected chi connectivity index (χ3v) is 5.92. The van der Waals surface area contributed by atoms with Crippen LogP contribution in [0.25, 0.3) is 0 Å². The second kappa shape index (κ2) is 7.11. The number of hydrogen-bond donors (Lipinski definition) is 1. The zero-order valence-electron chi connectivity index (χ0n) is 13.6. The van der Waals surface area contributed by atoms with Crippen LogP contribution >= 0.6 is 11.3 Å². The van der Waals surface area contributed by atoms with Crippen molar-refractivity contribution in [1.29, 1.82) is 0 Å². The lowest BCUT2D eigenvalue weighted by atomic mass is 9.88. The monoisotopic (exact) mass is 322 g/mol. The molecule has 1 fully saturated rings. The standard InChI is InChI=1S/C17H26N2O2S/c1-12-3-4-14-15(11-22-16(14)9-12)17(20)18-10-13(2)19-5-7-21-8-6-19/h11-13H,3-10H2,1-2H3,(H,18,20). The van der Waals surface area contributed by atoms with Gasteiger partial charge in [-0.1, -0.05) is 6.92 Å². The number of morpholine rings is 1. The highest BCUT2D eigenvalue weighted by Gasteiger charge is 2.24. The summed E-state index contributed by atoms with van der Waals surface area (Å²) in [6.45, 7) is 8.71. The highest BCUT2D eigenvalue weighted by atomic mass is 32.1. The van der Waals surface area contributed by atoms with Crippen LogP contribution in [-0.2, 0) is 17.6 Å². The van der Waals surface area contributed by atoms with Crippen LogP contribution in [0.2, 0.25) is 0 Å². The van der Waals surface area contributed by atoms with E-state index in [9.17, 15) is 4.79 Å². The first-order chi connectivity index (χ1) is 10.6. The molecule has 0 radical (unpaired) electrons. The van der Waals surface area contributed by atoms with Gasteiger partial charge in [0.2, 0.25) is 0 Å². The summed E-state index contributed by atoms with van der Waals surface area (Å²) in [7, 11) is 0. The number of nitrogens with one attached hydrogen (secondary N) is 1. The molecule has 0 spiro atoms. The predicted octanol–water partition coefficient (Wildman–Crippen LogP) is 2.32. The van der Waals surface area contributed by atoms with Crippen molar-refractivity contribution in [1.82, 2.24) is 10.2 Å². The molecule has 0 bridgehead atoms. The Balaban J connectivity index is 1.56. The van der Waals surface area contributed by atoms with Gasteiger partial charge in [0.25, 0.3) is 5.91 Å². The number of rotatable bonds is 4. The SMILES string of the molecule is CC1CCc2c(C(=O)NCC(C)N3CCOCC3)csc2C1. The first-order valence-corrected chi connectivity index (χ1v) is 9.22. The van der Waals surface area contributed by atoms with E-state index in [2.05, 4.69) is 29.4 Å². The van der Waals surface area contributed by atoms with E-state index >= 15 is 0 Å². The molecule has 1 saturated heterocycles. The van der Waals surface area contributed by atoms with Gasteiger partial charge in [0.1, 0.15) is 0 Å². The fourth-order valence-electron chi connectivity index (χ4n) is 3.35. The molecule has 122 valence electrons. The third kappa shape index (κ3) is 3.53. The molecule has 1 N–H and O–H groups in total. The number of hydrogen-bond acceptors (Lipinski definition) is 4. The minimum atomic E-state index is 0.104. The average molecular weight is 322 g/mol. The molecule has 0 saturated carbocycles. The van der Waals surface area contributed by atoms with Gasteiger partial charge in [0.15, 0.2) is 0 Å². The van der Waals surface area contributed by atoms with Crippen molar-refractivity contribution in [2.75, 3.05) is 32.8 Å². The smallest absolute Gasteiger partial charge is 0.252 e. The van der Waals surface area contributed by atoms with Crippen LogP contribution < -0.4 is 5.32 Å². The third-order valence-electron chi connectivity index (χ3n) is 4.87. The van der Waals surface area contributed by atoms with E-state index in [1.807, 2.05) is 0 Å². The zero-order chi connectivity index (χ0) is 15.5. The Hall–Kier alpha value is -0.910. The number of amides is 1. The summed E-state index contributed by atoms with van der Waals surface area (Å²) in [5, 5.41) is 5.18. The molecule has 1 amide bonds. The number of carbonyl (C=O) groups is 1. The summed E-state index contributed by atoms with van der Waals surface area (Å²) >= 11 is 1.76. The van der Waals surface area contributed by atoms with Crippen LogP contribution in [0, 0.1) is 5.92 Å². The Morgan fingerprint density at radius 3 is 3.05 bits per heavy atom. The summed E-state index contributed by atoms with van der Waals surface area (Å²) in [5.74, 6) is 0.857. The molecular formula is C17H26N2O2S. The number of carbonyl (C=O) groups excluding carboxylic acids is 1. The van der Waals surface area contributed by atoms with Gasteiger partial charge < -0.3 is 10.1 Å². The van der Waals surface area contributed by atoms with Crippen LogP contribution in [0.4, 0.5) is 0 Å². The molecule has 3 rings (SSSR count). The maximum Gasteiger partial charge on any atom is 0.252 e. The van der Waals surface area contributed by atoms with Crippen molar-refractivity contribution >= 4 is 17.2 Å². The molecule has 1 aromatic heterocycles. The molecule has 2 atom stereocenters. The minimum Gasteiger partial charge on any atom is -0.379 e. The molecular weight excluding hydrogens is 296 g/mol. The molecule has 0 aromatic carbocycles. The minimum absolute atomic E-state index is 0.104. The molecule has 4 nitrogen and oxygen atoms in total. The van der Waals surface area contributed by atoms with Crippen molar-refractivity contribution in [3.8, 4) is 0 Å². The topological polar surface area (TPSA) is 41.6 Å². The Labute approximate surface area is 136 Å². The quantitative estimate of drug-likeness (QED) is 0.925. The van der Waals surface area contributed by atoms with Gasteiger partial charge >= 0.3 is 0 Å². The largest absolute Gasteiger partial charge is 0.379 e. The Bertz CT molecular complexity index is 523. The summed E-state index contributed by atoms with van der Waals surface area (Å²) in [6.07, 6.45) is 3.40. The Morgan fingerprint density at radius 1 is 1.50 bits per heavy atom. The molecule has 1 aromatic rings. The number of nitrogens with zero attached hydrogens (tertiary/aromatic N) is 1. The van der Waals surface area contributed by atoms with Gasteiger partial charge in [-0.05, 0) is 37.7 Å². The maximum absolute atomic E-state index is 12.5. The first-order valence-electron chi connectivity index (χ1n) is 8.34. The van der Waals surface area contributed by atoms with Crippen LogP contribution in [0.5, 0.6) is 0 Å². The van der Waals surface area contributed by atoms with Gasteiger partial charge in [-0.15, -0.1) is 11.3 Å². The molecule has 22 heavy (non-hydrogen) atoms. The molecule has 2 unspecified atom stereocenters. The van der Waals surface area contributed by atoms with E-state index in [4.69, 9.17) is 4.74 Å². The predicted molar refractivity (Wildman–Crippen MR) is 89.7 cm³/mol. The Kier molecular flexibility index (Phi) is 5.16. The normalized spacial score (nSPS) is 23.8. The van der Waals surface area contributed by atoms with Gasteiger partial charge in [0.05, 0.1) is 18.8 Å². The van der Waals surface area contributed by atoms with E-state index in [0.717, 1.165) is 50.6 Å². The molecule has 2 aliphatic rings. The summed E-state index contributed by atoms with van der Waals surface area (Å²) in [4.78, 5) is 16.3. The van der Waals surface area contributed by atoms with Crippen LogP contribution in [-0.4, -0.2) is 49.7 Å². The molecule has 5 heteroatoms. The van der Waals surface area contributed by atoms with Crippen molar-refractivity contribution in [3.63, 3.8) is 0 Å². The van der Waals surface area contributed by atoms with E-state index in [0.29, 0.717) is 12.6 Å².